The van der Waals surface area contributed by atoms with Gasteiger partial charge in [-0.2, -0.15) is 0 Å². The van der Waals surface area contributed by atoms with Gasteiger partial charge >= 0.3 is 0 Å². The molecule has 1 saturated heterocycles. The SMILES string of the molecule is Cc1c(C(=O)NC2CCS(=O)(=O)CC2)nc(-c2ccc(S(=O)(=O)NC(C)(C)C)c3ccccc23)n1CC1CCCCC1. The van der Waals surface area contributed by atoms with Gasteiger partial charge in [0.05, 0.1) is 16.4 Å². The molecule has 9 nitrogen and oxygen atoms in total. The van der Waals surface area contributed by atoms with Gasteiger partial charge in [0.15, 0.2) is 0 Å². The third-order valence-corrected chi connectivity index (χ3v) is 11.9. The van der Waals surface area contributed by atoms with Gasteiger partial charge in [-0.25, -0.2) is 26.5 Å². The maximum Gasteiger partial charge on any atom is 0.271 e. The van der Waals surface area contributed by atoms with Crippen molar-refractivity contribution in [3.63, 3.8) is 0 Å². The predicted octanol–water partition coefficient (Wildman–Crippen LogP) is 4.98. The Bertz CT molecular complexity index is 1680. The molecule has 1 amide bonds. The van der Waals surface area contributed by atoms with E-state index in [1.165, 1.54) is 19.3 Å². The molecule has 2 aliphatic rings. The lowest BCUT2D eigenvalue weighted by Crippen LogP contribution is -2.41. The van der Waals surface area contributed by atoms with Crippen molar-refractivity contribution in [3.8, 4) is 11.4 Å². The van der Waals surface area contributed by atoms with E-state index in [9.17, 15) is 21.6 Å². The number of carbonyl (C=O) groups excluding carboxylic acids is 1. The summed E-state index contributed by atoms with van der Waals surface area (Å²) in [5, 5.41) is 4.36. The Kier molecular flexibility index (Phi) is 8.57. The van der Waals surface area contributed by atoms with Crippen molar-refractivity contribution in [2.24, 2.45) is 5.92 Å². The fraction of sp³-hybridized carbons (Fsp3) is 0.548. The number of sulfone groups is 1. The zero-order chi connectivity index (χ0) is 30.3. The number of nitrogens with zero attached hydrogens (tertiary/aromatic N) is 2. The van der Waals surface area contributed by atoms with Crippen molar-refractivity contribution in [2.45, 2.75) is 95.7 Å². The van der Waals surface area contributed by atoms with Gasteiger partial charge in [-0.1, -0.05) is 43.5 Å². The van der Waals surface area contributed by atoms with Gasteiger partial charge in [-0.05, 0) is 76.8 Å². The lowest BCUT2D eigenvalue weighted by atomic mass is 9.89. The summed E-state index contributed by atoms with van der Waals surface area (Å²) in [5.41, 5.74) is 1.20. The van der Waals surface area contributed by atoms with Crippen LogP contribution in [0.1, 0.15) is 81.9 Å². The minimum absolute atomic E-state index is 0.0730. The van der Waals surface area contributed by atoms with Crippen molar-refractivity contribution < 1.29 is 21.6 Å². The Morgan fingerprint density at radius 3 is 2.26 bits per heavy atom. The van der Waals surface area contributed by atoms with Crippen LogP contribution in [-0.2, 0) is 26.4 Å². The molecular formula is C31H42N4O5S2. The maximum atomic E-state index is 13.5. The number of rotatable bonds is 7. The number of imidazole rings is 1. The lowest BCUT2D eigenvalue weighted by molar-refractivity contribution is 0.0928. The molecule has 0 radical (unpaired) electrons. The van der Waals surface area contributed by atoms with Crippen LogP contribution in [0.5, 0.6) is 0 Å². The molecule has 1 aliphatic carbocycles. The molecule has 1 aliphatic heterocycles. The number of sulfonamides is 1. The molecule has 2 N–H and O–H groups in total. The second-order valence-corrected chi connectivity index (χ2v) is 16.9. The van der Waals surface area contributed by atoms with E-state index < -0.39 is 25.4 Å². The third kappa shape index (κ3) is 6.73. The number of fused-ring (bicyclic) bond motifs is 1. The van der Waals surface area contributed by atoms with E-state index in [0.717, 1.165) is 36.0 Å². The summed E-state index contributed by atoms with van der Waals surface area (Å²) in [5.74, 6) is 0.941. The summed E-state index contributed by atoms with van der Waals surface area (Å²) >= 11 is 0. The van der Waals surface area contributed by atoms with Crippen LogP contribution in [0.15, 0.2) is 41.3 Å². The molecular weight excluding hydrogens is 572 g/mol. The van der Waals surface area contributed by atoms with Gasteiger partial charge < -0.3 is 9.88 Å². The van der Waals surface area contributed by atoms with E-state index in [2.05, 4.69) is 14.6 Å². The predicted molar refractivity (Wildman–Crippen MR) is 166 cm³/mol. The first kappa shape index (κ1) is 30.7. The molecule has 2 heterocycles. The Balaban J connectivity index is 1.58. The molecule has 228 valence electrons. The van der Waals surface area contributed by atoms with Crippen LogP contribution in [0.2, 0.25) is 0 Å². The number of amides is 1. The van der Waals surface area contributed by atoms with Crippen LogP contribution in [0, 0.1) is 12.8 Å². The zero-order valence-corrected chi connectivity index (χ0v) is 26.6. The zero-order valence-electron chi connectivity index (χ0n) is 24.9. The van der Waals surface area contributed by atoms with Gasteiger partial charge in [-0.15, -0.1) is 0 Å². The fourth-order valence-corrected chi connectivity index (χ4v) is 9.38. The molecule has 5 rings (SSSR count). The Morgan fingerprint density at radius 1 is 0.976 bits per heavy atom. The van der Waals surface area contributed by atoms with E-state index in [4.69, 9.17) is 4.98 Å². The van der Waals surface area contributed by atoms with Crippen LogP contribution < -0.4 is 10.0 Å². The molecule has 0 bridgehead atoms. The molecule has 3 aromatic rings. The second-order valence-electron chi connectivity index (χ2n) is 12.9. The molecule has 1 aromatic heterocycles. The summed E-state index contributed by atoms with van der Waals surface area (Å²) in [6, 6.07) is 10.6. The first-order chi connectivity index (χ1) is 19.7. The van der Waals surface area contributed by atoms with Crippen molar-refractivity contribution in [1.29, 1.82) is 0 Å². The summed E-state index contributed by atoms with van der Waals surface area (Å²) in [6.07, 6.45) is 6.62. The molecule has 0 unspecified atom stereocenters. The highest BCUT2D eigenvalue weighted by molar-refractivity contribution is 7.91. The van der Waals surface area contributed by atoms with E-state index in [-0.39, 0.29) is 28.4 Å². The smallest absolute Gasteiger partial charge is 0.271 e. The van der Waals surface area contributed by atoms with Gasteiger partial charge in [0.2, 0.25) is 10.0 Å². The van der Waals surface area contributed by atoms with Crippen LogP contribution >= 0.6 is 0 Å². The van der Waals surface area contributed by atoms with Crippen molar-refractivity contribution in [2.75, 3.05) is 11.5 Å². The number of hydrogen-bond donors (Lipinski definition) is 2. The highest BCUT2D eigenvalue weighted by Crippen LogP contribution is 2.35. The highest BCUT2D eigenvalue weighted by atomic mass is 32.2. The minimum atomic E-state index is -3.80. The Labute approximate surface area is 249 Å². The normalized spacial score (nSPS) is 18.8. The van der Waals surface area contributed by atoms with E-state index in [1.807, 2.05) is 52.0 Å². The number of benzene rings is 2. The molecule has 2 fully saturated rings. The monoisotopic (exact) mass is 614 g/mol. The number of carbonyl (C=O) groups is 1. The Morgan fingerprint density at radius 2 is 1.62 bits per heavy atom. The van der Waals surface area contributed by atoms with Crippen LogP contribution in [0.25, 0.3) is 22.2 Å². The molecule has 42 heavy (non-hydrogen) atoms. The average Bonchev–Trinajstić information content (AvgIpc) is 3.24. The van der Waals surface area contributed by atoms with Gasteiger partial charge in [0.25, 0.3) is 5.91 Å². The van der Waals surface area contributed by atoms with Crippen LogP contribution in [-0.4, -0.2) is 55.4 Å². The number of hydrogen-bond acceptors (Lipinski definition) is 6. The number of aromatic nitrogens is 2. The molecule has 0 atom stereocenters. The van der Waals surface area contributed by atoms with Crippen molar-refractivity contribution >= 4 is 36.5 Å². The van der Waals surface area contributed by atoms with Crippen molar-refractivity contribution in [1.82, 2.24) is 19.6 Å². The van der Waals surface area contributed by atoms with Gasteiger partial charge in [0, 0.05) is 34.8 Å². The Hall–Kier alpha value is -2.76. The second kappa shape index (κ2) is 11.7. The highest BCUT2D eigenvalue weighted by Gasteiger charge is 2.30. The lowest BCUT2D eigenvalue weighted by Gasteiger charge is -2.24. The molecule has 2 aromatic carbocycles. The van der Waals surface area contributed by atoms with E-state index in [0.29, 0.717) is 35.7 Å². The quantitative estimate of drug-likeness (QED) is 0.387. The maximum absolute atomic E-state index is 13.5. The topological polar surface area (TPSA) is 127 Å². The summed E-state index contributed by atoms with van der Waals surface area (Å²) in [6.45, 7) is 8.07. The summed E-state index contributed by atoms with van der Waals surface area (Å²) in [7, 11) is -6.84. The molecule has 1 saturated carbocycles. The van der Waals surface area contributed by atoms with Crippen LogP contribution in [0.4, 0.5) is 0 Å². The third-order valence-electron chi connectivity index (χ3n) is 8.35. The molecule has 11 heteroatoms. The van der Waals surface area contributed by atoms with Crippen molar-refractivity contribution in [3.05, 3.63) is 47.8 Å². The fourth-order valence-electron chi connectivity index (χ4n) is 6.25. The van der Waals surface area contributed by atoms with E-state index in [1.54, 1.807) is 12.1 Å². The van der Waals surface area contributed by atoms with Gasteiger partial charge in [0.1, 0.15) is 21.4 Å². The largest absolute Gasteiger partial charge is 0.348 e. The van der Waals surface area contributed by atoms with E-state index >= 15 is 0 Å². The number of nitrogens with one attached hydrogen (secondary N) is 2. The summed E-state index contributed by atoms with van der Waals surface area (Å²) in [4.78, 5) is 18.6. The van der Waals surface area contributed by atoms with Crippen LogP contribution in [0.3, 0.4) is 0 Å². The summed E-state index contributed by atoms with van der Waals surface area (Å²) < 4.78 is 55.5. The minimum Gasteiger partial charge on any atom is -0.348 e. The average molecular weight is 615 g/mol. The standard InChI is InChI=1S/C31H42N4O5S2/c1-21-28(30(36)32-23-16-18-41(37,38)19-17-23)33-29(35(21)20-22-10-6-5-7-11-22)26-14-15-27(25-13-9-8-12-24(25)26)42(39,40)34-31(2,3)4/h8-9,12-15,22-23,34H,5-7,10-11,16-20H2,1-4H3,(H,32,36). The van der Waals surface area contributed by atoms with Gasteiger partial charge in [-0.3, -0.25) is 4.79 Å². The first-order valence-electron chi connectivity index (χ1n) is 14.9. The molecule has 0 spiro atoms. The first-order valence-corrected chi connectivity index (χ1v) is 18.2.